The van der Waals surface area contributed by atoms with E-state index in [9.17, 15) is 0 Å². The topological polar surface area (TPSA) is 39.7 Å². The number of nitrogens with one attached hydrogen (secondary N) is 2. The average molecular weight is 412 g/mol. The van der Waals surface area contributed by atoms with Crippen LogP contribution in [0.15, 0.2) is 4.99 Å². The molecule has 0 fully saturated rings. The van der Waals surface area contributed by atoms with E-state index in [0.29, 0.717) is 0 Å². The van der Waals surface area contributed by atoms with Crippen LogP contribution in [0.25, 0.3) is 0 Å². The van der Waals surface area contributed by atoms with Crippen molar-refractivity contribution in [1.82, 2.24) is 15.5 Å². The van der Waals surface area contributed by atoms with Crippen molar-refractivity contribution in [3.8, 4) is 0 Å². The molecule has 5 heteroatoms. The molecule has 0 aliphatic carbocycles. The molecule has 0 aromatic rings. The molecule has 0 saturated carbocycles. The lowest BCUT2D eigenvalue weighted by molar-refractivity contribution is 0.389. The first-order valence-electron chi connectivity index (χ1n) is 8.30. The summed E-state index contributed by atoms with van der Waals surface area (Å²) in [5.74, 6) is 0.953. The zero-order chi connectivity index (χ0) is 15.1. The van der Waals surface area contributed by atoms with E-state index < -0.39 is 0 Å². The lowest BCUT2D eigenvalue weighted by Crippen LogP contribution is -2.38. The van der Waals surface area contributed by atoms with E-state index in [1.807, 2.05) is 7.05 Å². The van der Waals surface area contributed by atoms with Crippen LogP contribution >= 0.6 is 24.0 Å². The molecule has 128 valence electrons. The van der Waals surface area contributed by atoms with E-state index in [0.717, 1.165) is 19.0 Å². The fourth-order valence-corrected chi connectivity index (χ4v) is 2.09. The zero-order valence-corrected chi connectivity index (χ0v) is 16.9. The fourth-order valence-electron chi connectivity index (χ4n) is 2.09. The van der Waals surface area contributed by atoms with Crippen molar-refractivity contribution in [2.24, 2.45) is 4.99 Å². The van der Waals surface area contributed by atoms with Gasteiger partial charge >= 0.3 is 0 Å². The highest BCUT2D eigenvalue weighted by Gasteiger charge is 1.96. The lowest BCUT2D eigenvalue weighted by Gasteiger charge is -2.11. The molecular weight excluding hydrogens is 375 g/mol. The van der Waals surface area contributed by atoms with E-state index in [1.165, 1.54) is 57.9 Å². The predicted octanol–water partition coefficient (Wildman–Crippen LogP) is 3.47. The van der Waals surface area contributed by atoms with E-state index in [-0.39, 0.29) is 24.0 Å². The van der Waals surface area contributed by atoms with Crippen LogP contribution in [0.4, 0.5) is 0 Å². The third-order valence-electron chi connectivity index (χ3n) is 3.37. The molecule has 0 aliphatic heterocycles. The van der Waals surface area contributed by atoms with Crippen LogP contribution < -0.4 is 10.6 Å². The summed E-state index contributed by atoms with van der Waals surface area (Å²) in [6.07, 6.45) is 10.3. The number of aliphatic imine (C=N–C) groups is 1. The van der Waals surface area contributed by atoms with Gasteiger partial charge in [-0.15, -0.1) is 24.0 Å². The zero-order valence-electron chi connectivity index (χ0n) is 14.6. The smallest absolute Gasteiger partial charge is 0.190 e. The van der Waals surface area contributed by atoms with Gasteiger partial charge in [-0.2, -0.15) is 0 Å². The minimum atomic E-state index is 0. The summed E-state index contributed by atoms with van der Waals surface area (Å²) in [6, 6.07) is 0. The maximum absolute atomic E-state index is 4.24. The largest absolute Gasteiger partial charge is 0.356 e. The van der Waals surface area contributed by atoms with Gasteiger partial charge in [0.1, 0.15) is 0 Å². The van der Waals surface area contributed by atoms with Crippen LogP contribution in [0.3, 0.4) is 0 Å². The maximum Gasteiger partial charge on any atom is 0.190 e. The Kier molecular flexibility index (Phi) is 19.9. The second kappa shape index (κ2) is 18.0. The van der Waals surface area contributed by atoms with Gasteiger partial charge < -0.3 is 15.5 Å². The van der Waals surface area contributed by atoms with Gasteiger partial charge in [-0.1, -0.05) is 39.0 Å². The van der Waals surface area contributed by atoms with Crippen LogP contribution in [0, 0.1) is 0 Å². The van der Waals surface area contributed by atoms with Crippen molar-refractivity contribution in [3.63, 3.8) is 0 Å². The number of guanidine groups is 1. The van der Waals surface area contributed by atoms with E-state index >= 15 is 0 Å². The van der Waals surface area contributed by atoms with Crippen LogP contribution in [0.1, 0.15) is 58.3 Å². The van der Waals surface area contributed by atoms with Gasteiger partial charge in [0.2, 0.25) is 0 Å². The summed E-state index contributed by atoms with van der Waals surface area (Å²) in [4.78, 5) is 6.50. The van der Waals surface area contributed by atoms with Gasteiger partial charge in [0.05, 0.1) is 0 Å². The van der Waals surface area contributed by atoms with Crippen molar-refractivity contribution >= 4 is 29.9 Å². The van der Waals surface area contributed by atoms with Gasteiger partial charge in [-0.05, 0) is 39.9 Å². The summed E-state index contributed by atoms with van der Waals surface area (Å²) in [7, 11) is 6.13. The Hall–Kier alpha value is -0.0400. The molecule has 0 spiro atoms. The Bertz CT molecular complexity index is 232. The molecule has 0 atom stereocenters. The number of halogens is 1. The SMILES string of the molecule is CCCCCNC(=NC)NCCCCCCCN(C)C.I. The molecule has 0 heterocycles. The molecule has 0 saturated heterocycles. The number of unbranched alkanes of at least 4 members (excludes halogenated alkanes) is 6. The number of nitrogens with zero attached hydrogens (tertiary/aromatic N) is 2. The van der Waals surface area contributed by atoms with Crippen molar-refractivity contribution in [2.45, 2.75) is 58.3 Å². The van der Waals surface area contributed by atoms with Crippen molar-refractivity contribution in [1.29, 1.82) is 0 Å². The molecule has 0 rings (SSSR count). The highest BCUT2D eigenvalue weighted by molar-refractivity contribution is 14.0. The Morgan fingerprint density at radius 1 is 0.857 bits per heavy atom. The summed E-state index contributed by atoms with van der Waals surface area (Å²) in [5.41, 5.74) is 0. The quantitative estimate of drug-likeness (QED) is 0.223. The molecule has 0 unspecified atom stereocenters. The minimum absolute atomic E-state index is 0. The summed E-state index contributed by atoms with van der Waals surface area (Å²) >= 11 is 0. The first-order chi connectivity index (χ1) is 9.70. The van der Waals surface area contributed by atoms with Crippen molar-refractivity contribution in [2.75, 3.05) is 40.8 Å². The van der Waals surface area contributed by atoms with Crippen LogP contribution in [0.2, 0.25) is 0 Å². The van der Waals surface area contributed by atoms with E-state index in [4.69, 9.17) is 0 Å². The normalized spacial score (nSPS) is 11.4. The van der Waals surface area contributed by atoms with Gasteiger partial charge in [0.25, 0.3) is 0 Å². The number of hydrogen-bond acceptors (Lipinski definition) is 2. The molecule has 21 heavy (non-hydrogen) atoms. The Morgan fingerprint density at radius 2 is 1.38 bits per heavy atom. The lowest BCUT2D eigenvalue weighted by atomic mass is 10.1. The molecule has 0 aromatic heterocycles. The van der Waals surface area contributed by atoms with Crippen molar-refractivity contribution < 1.29 is 0 Å². The third-order valence-corrected chi connectivity index (χ3v) is 3.37. The molecule has 0 radical (unpaired) electrons. The fraction of sp³-hybridized carbons (Fsp3) is 0.938. The minimum Gasteiger partial charge on any atom is -0.356 e. The molecule has 0 bridgehead atoms. The van der Waals surface area contributed by atoms with Gasteiger partial charge in [0.15, 0.2) is 5.96 Å². The van der Waals surface area contributed by atoms with Crippen LogP contribution in [0.5, 0.6) is 0 Å². The highest BCUT2D eigenvalue weighted by Crippen LogP contribution is 2.02. The molecular formula is C16H37IN4. The summed E-state index contributed by atoms with van der Waals surface area (Å²) in [6.45, 7) is 5.50. The second-order valence-corrected chi connectivity index (χ2v) is 5.70. The predicted molar refractivity (Wildman–Crippen MR) is 106 cm³/mol. The Balaban J connectivity index is 0. The molecule has 0 aliphatic rings. The summed E-state index contributed by atoms with van der Waals surface area (Å²) in [5, 5.41) is 6.75. The monoisotopic (exact) mass is 412 g/mol. The van der Waals surface area contributed by atoms with Crippen LogP contribution in [-0.4, -0.2) is 51.6 Å². The van der Waals surface area contributed by atoms with Crippen LogP contribution in [-0.2, 0) is 0 Å². The van der Waals surface area contributed by atoms with Gasteiger partial charge in [-0.25, -0.2) is 0 Å². The number of rotatable bonds is 12. The van der Waals surface area contributed by atoms with E-state index in [1.54, 1.807) is 0 Å². The third kappa shape index (κ3) is 17.9. The Labute approximate surface area is 149 Å². The maximum atomic E-state index is 4.24. The Morgan fingerprint density at radius 3 is 1.90 bits per heavy atom. The van der Waals surface area contributed by atoms with E-state index in [2.05, 4.69) is 41.5 Å². The first-order valence-corrected chi connectivity index (χ1v) is 8.30. The highest BCUT2D eigenvalue weighted by atomic mass is 127. The van der Waals surface area contributed by atoms with Crippen molar-refractivity contribution in [3.05, 3.63) is 0 Å². The molecule has 4 nitrogen and oxygen atoms in total. The molecule has 0 amide bonds. The number of hydrogen-bond donors (Lipinski definition) is 2. The van der Waals surface area contributed by atoms with Gasteiger partial charge in [0, 0.05) is 20.1 Å². The standard InChI is InChI=1S/C16H36N4.HI/c1-5-6-10-13-18-16(17-2)19-14-11-8-7-9-12-15-20(3)4;/h5-15H2,1-4H3,(H2,17,18,19);1H. The first kappa shape index (κ1) is 23.2. The second-order valence-electron chi connectivity index (χ2n) is 5.70. The molecule has 0 aromatic carbocycles. The molecule has 2 N–H and O–H groups in total. The van der Waals surface area contributed by atoms with Gasteiger partial charge in [-0.3, -0.25) is 4.99 Å². The summed E-state index contributed by atoms with van der Waals surface area (Å²) < 4.78 is 0. The average Bonchev–Trinajstić information content (AvgIpc) is 2.43.